The molecule has 5 N–H and O–H groups in total. The van der Waals surface area contributed by atoms with E-state index in [0.717, 1.165) is 37.7 Å². The van der Waals surface area contributed by atoms with Crippen molar-refractivity contribution in [1.29, 1.82) is 0 Å². The first kappa shape index (κ1) is 60.9. The predicted molar refractivity (Wildman–Crippen MR) is 302 cm³/mol. The van der Waals surface area contributed by atoms with E-state index in [2.05, 4.69) is 82.5 Å². The highest BCUT2D eigenvalue weighted by Crippen LogP contribution is 2.48. The minimum absolute atomic E-state index is 0.0113. The molecule has 4 saturated heterocycles. The third kappa shape index (κ3) is 14.4. The number of aliphatic hydroxyl groups excluding tert-OH is 3. The second-order valence-electron chi connectivity index (χ2n) is 24.0. The van der Waals surface area contributed by atoms with E-state index in [-0.39, 0.29) is 83.6 Å². The number of hydrogen-bond acceptors (Lipinski definition) is 14. The largest absolute Gasteiger partial charge is 0.480 e. The number of carbonyl (C=O) groups excluding carboxylic acids is 5. The van der Waals surface area contributed by atoms with Gasteiger partial charge >= 0.3 is 12.1 Å². The zero-order valence-electron chi connectivity index (χ0n) is 47.7. The van der Waals surface area contributed by atoms with Crippen LogP contribution < -0.4 is 5.32 Å². The average molecular weight is 1090 g/mol. The number of piperidine rings is 3. The Morgan fingerprint density at radius 1 is 0.595 bits per heavy atom. The van der Waals surface area contributed by atoms with Crippen LogP contribution in [0, 0.1) is 23.7 Å². The number of likely N-dealkylation sites (tertiary alicyclic amines) is 3. The number of amides is 1. The van der Waals surface area contributed by atoms with Gasteiger partial charge in [0.2, 0.25) is 0 Å². The van der Waals surface area contributed by atoms with E-state index in [4.69, 9.17) is 4.74 Å². The molecule has 0 radical (unpaired) electrons. The highest BCUT2D eigenvalue weighted by Gasteiger charge is 2.57. The Bertz CT molecular complexity index is 2650. The first-order valence-corrected chi connectivity index (χ1v) is 28.3. The normalized spacial score (nSPS) is 32.6. The Morgan fingerprint density at radius 2 is 1.09 bits per heavy atom. The van der Waals surface area contributed by atoms with Crippen LogP contribution in [0.3, 0.4) is 0 Å². The average Bonchev–Trinajstić information content (AvgIpc) is 4.47. The smallest absolute Gasteiger partial charge is 0.411 e. The molecule has 0 unspecified atom stereocenters. The van der Waals surface area contributed by atoms with Crippen LogP contribution in [0.25, 0.3) is 0 Å². The Hall–Kier alpha value is -5.75. The predicted octanol–water partition coefficient (Wildman–Crippen LogP) is 8.05. The van der Waals surface area contributed by atoms with E-state index in [1.165, 1.54) is 29.2 Å². The van der Waals surface area contributed by atoms with Gasteiger partial charge in [-0.15, -0.1) is 0 Å². The Morgan fingerprint density at radius 3 is 1.56 bits per heavy atom. The van der Waals surface area contributed by atoms with Crippen LogP contribution >= 0.6 is 0 Å². The van der Waals surface area contributed by atoms with Gasteiger partial charge in [0.1, 0.15) is 29.0 Å². The van der Waals surface area contributed by atoms with E-state index in [1.807, 2.05) is 61.5 Å². The van der Waals surface area contributed by atoms with Crippen LogP contribution in [0.2, 0.25) is 0 Å². The molecule has 0 aromatic heterocycles. The van der Waals surface area contributed by atoms with Crippen molar-refractivity contribution in [3.05, 3.63) is 120 Å². The fourth-order valence-electron chi connectivity index (χ4n) is 13.8. The Labute approximate surface area is 466 Å². The zero-order chi connectivity index (χ0) is 57.6. The molecular formula is C63H85N5O11. The lowest BCUT2D eigenvalue weighted by Gasteiger charge is -2.40. The highest BCUT2D eigenvalue weighted by atomic mass is 16.6. The summed E-state index contributed by atoms with van der Waals surface area (Å²) in [5, 5.41) is 41.6. The summed E-state index contributed by atoms with van der Waals surface area (Å²) in [6.07, 6.45) is 9.77. The maximum Gasteiger partial charge on any atom is 0.411 e. The topological polar surface area (TPSA) is 227 Å². The molecule has 4 heterocycles. The number of ether oxygens (including phenoxy) is 1. The van der Waals surface area contributed by atoms with Crippen molar-refractivity contribution < 1.29 is 53.9 Å². The fourth-order valence-corrected chi connectivity index (χ4v) is 13.8. The van der Waals surface area contributed by atoms with Crippen LogP contribution in [-0.2, 0) is 28.7 Å². The number of hydrogen-bond donors (Lipinski definition) is 5. The standard InChI is InChI=1S/C16H21NO2.C16H19NO.C12H19NO5.C11H13NO.C8H13NO2/c1-10(12-6-4-3-5-7-12)17-13-8-14(15(19)9-13)16(17)11(2)18;1-11(13-6-4-3-5-7-13)17-15-9-8-14(10-15)16(17)12(2)18;1-12(2,3)18-11(17)13-6-4-7(8(14)5-6)9(13)10(15)16;1-9(13)8-12-10(2)11-6-4-3-5-7-11;1-4(10)8-6-2-5(9-8)3-7(6)11/h3-7,10,13-16,19H,8-9H2,1-2H3;3-9,11,14-16H,10H2,1-2H3;6-9,14H,4-5H2,1-3H3,(H,15,16);3-8,10H,1-2H3;5-9,11H,2-3H2,1H3/t10-,13+,14-,15-,16-;11-,14+,15-,16-;6-,7+,8+,9-;10-;5-,6+,7+,8+/m11010/s1. The summed E-state index contributed by atoms with van der Waals surface area (Å²) in [6.45, 7) is 18.0. The van der Waals surface area contributed by atoms with E-state index < -0.39 is 29.8 Å². The SMILES string of the molecule is CC(=O)C=N[C@H](C)c1ccccc1.CC(=O)[C@@H]1[C@@H]2C[C@@H](C[C@H]2O)N1[C@H](C)c1ccccc1.CC(=O)[C@@H]1[C@H]2C=C[C@H](C2)N1[C@H](C)c1ccccc1.CC(=O)[C@H]1N[C@H]2C[C@@H]1[C@H](O)C2.CC(C)(C)OC(=O)N1[C@H]2C[C@H]([C@H](O)C2)[C@H]1C(=O)O. The summed E-state index contributed by atoms with van der Waals surface area (Å²) in [5.74, 6) is -0.0559. The molecular weight excluding hydrogens is 1000 g/mol. The van der Waals surface area contributed by atoms with Gasteiger partial charge in [0.05, 0.1) is 48.7 Å². The summed E-state index contributed by atoms with van der Waals surface area (Å²) in [5.41, 5.74) is 3.01. The van der Waals surface area contributed by atoms with Gasteiger partial charge in [-0.05, 0) is 124 Å². The number of carboxylic acid groups (broad SMARTS) is 1. The van der Waals surface area contributed by atoms with Crippen molar-refractivity contribution in [3.63, 3.8) is 0 Å². The monoisotopic (exact) mass is 1090 g/mol. The summed E-state index contributed by atoms with van der Waals surface area (Å²) in [4.78, 5) is 78.9. The lowest BCUT2D eigenvalue weighted by atomic mass is 9.91. The summed E-state index contributed by atoms with van der Waals surface area (Å²) >= 11 is 0. The molecule has 16 nitrogen and oxygen atoms in total. The molecule has 8 bridgehead atoms. The quantitative estimate of drug-likeness (QED) is 0.0905. The van der Waals surface area contributed by atoms with E-state index >= 15 is 0 Å². The number of ketones is 4. The highest BCUT2D eigenvalue weighted by molar-refractivity contribution is 6.26. The van der Waals surface area contributed by atoms with Gasteiger partial charge in [0.15, 0.2) is 5.78 Å². The van der Waals surface area contributed by atoms with E-state index in [1.54, 1.807) is 41.5 Å². The minimum atomic E-state index is -1.08. The van der Waals surface area contributed by atoms with Crippen LogP contribution in [0.15, 0.2) is 108 Å². The van der Waals surface area contributed by atoms with Crippen molar-refractivity contribution in [2.45, 2.75) is 205 Å². The molecule has 4 aliphatic carbocycles. The molecule has 11 rings (SSSR count). The maximum absolute atomic E-state index is 12.0. The number of fused-ring (bicyclic) bond motifs is 8. The molecule has 18 atom stereocenters. The fraction of sp³-hybridized carbons (Fsp3) is 0.571. The third-order valence-corrected chi connectivity index (χ3v) is 17.3. The van der Waals surface area contributed by atoms with Gasteiger partial charge in [-0.3, -0.25) is 38.9 Å². The van der Waals surface area contributed by atoms with Gasteiger partial charge in [0.25, 0.3) is 0 Å². The maximum atomic E-state index is 12.0. The zero-order valence-corrected chi connectivity index (χ0v) is 47.7. The second-order valence-corrected chi connectivity index (χ2v) is 24.0. The summed E-state index contributed by atoms with van der Waals surface area (Å²) in [6, 6.07) is 31.2. The number of rotatable bonds is 11. The number of aliphatic imine (C=N–C) groups is 1. The molecule has 428 valence electrons. The molecule has 7 fully saturated rings. The molecule has 3 saturated carbocycles. The molecule has 79 heavy (non-hydrogen) atoms. The van der Waals surface area contributed by atoms with Gasteiger partial charge in [0, 0.05) is 66.8 Å². The lowest BCUT2D eigenvalue weighted by molar-refractivity contribution is -0.147. The number of nitrogens with one attached hydrogen (secondary N) is 1. The van der Waals surface area contributed by atoms with Crippen LogP contribution in [0.4, 0.5) is 4.79 Å². The first-order valence-electron chi connectivity index (χ1n) is 28.3. The molecule has 4 aliphatic heterocycles. The number of carboxylic acids is 1. The van der Waals surface area contributed by atoms with Crippen molar-refractivity contribution in [2.75, 3.05) is 0 Å². The van der Waals surface area contributed by atoms with E-state index in [9.17, 15) is 49.2 Å². The Balaban J connectivity index is 0.000000145. The Kier molecular flexibility index (Phi) is 20.2. The van der Waals surface area contributed by atoms with Crippen molar-refractivity contribution in [1.82, 2.24) is 20.0 Å². The molecule has 16 heteroatoms. The van der Waals surface area contributed by atoms with Gasteiger partial charge < -0.3 is 30.5 Å². The van der Waals surface area contributed by atoms with Crippen LogP contribution in [0.5, 0.6) is 0 Å². The first-order chi connectivity index (χ1) is 37.4. The number of benzene rings is 3. The minimum Gasteiger partial charge on any atom is -0.480 e. The third-order valence-electron chi connectivity index (χ3n) is 17.3. The van der Waals surface area contributed by atoms with E-state index in [0.29, 0.717) is 48.7 Å². The van der Waals surface area contributed by atoms with Gasteiger partial charge in [-0.1, -0.05) is 103 Å². The number of Topliss-reactive ketones (excluding diaryl/α,β-unsaturated/α-hetero) is 4. The van der Waals surface area contributed by atoms with Crippen molar-refractivity contribution in [3.8, 4) is 0 Å². The number of carbonyl (C=O) groups is 6. The molecule has 8 aliphatic rings. The molecule has 3 aromatic rings. The van der Waals surface area contributed by atoms with Gasteiger partial charge in [-0.2, -0.15) is 0 Å². The van der Waals surface area contributed by atoms with Crippen molar-refractivity contribution >= 4 is 41.4 Å². The molecule has 1 amide bonds. The molecule has 3 aromatic carbocycles. The summed E-state index contributed by atoms with van der Waals surface area (Å²) in [7, 11) is 0. The van der Waals surface area contributed by atoms with Crippen LogP contribution in [-0.4, -0.2) is 149 Å². The summed E-state index contributed by atoms with van der Waals surface area (Å²) < 4.78 is 5.23. The van der Waals surface area contributed by atoms with Crippen LogP contribution in [0.1, 0.15) is 149 Å². The number of aliphatic hydroxyl groups is 3. The van der Waals surface area contributed by atoms with Crippen molar-refractivity contribution in [2.24, 2.45) is 28.7 Å². The lowest BCUT2D eigenvalue weighted by Crippen LogP contribution is -2.53. The number of aliphatic carboxylic acids is 1. The molecule has 0 spiro atoms. The number of nitrogens with zero attached hydrogens (tertiary/aromatic N) is 4. The second kappa shape index (κ2) is 26.2. The van der Waals surface area contributed by atoms with Gasteiger partial charge in [-0.25, -0.2) is 9.59 Å².